The highest BCUT2D eigenvalue weighted by Gasteiger charge is 2.26. The molecule has 0 amide bonds. The largest absolute Gasteiger partial charge is 0.393 e. The number of piperidine rings is 1. The third kappa shape index (κ3) is 1.50. The Hall–Kier alpha value is -0.0800. The van der Waals surface area contributed by atoms with Gasteiger partial charge in [-0.3, -0.25) is 0 Å². The number of nitrogens with zero attached hydrogens (tertiary/aromatic N) is 1. The average Bonchev–Trinajstić information content (AvgIpc) is 1.84. The van der Waals surface area contributed by atoms with Crippen LogP contribution in [-0.4, -0.2) is 35.7 Å². The van der Waals surface area contributed by atoms with Crippen LogP contribution < -0.4 is 0 Å². The van der Waals surface area contributed by atoms with Crippen LogP contribution in [0, 0.1) is 5.92 Å². The predicted octanol–water partition coefficient (Wildman–Crippen LogP) is 0.707. The molecular formula is C8H17NO. The van der Waals surface area contributed by atoms with Crippen LogP contribution in [0.4, 0.5) is 0 Å². The van der Waals surface area contributed by atoms with Gasteiger partial charge in [-0.15, -0.1) is 0 Å². The summed E-state index contributed by atoms with van der Waals surface area (Å²) in [5.41, 5.74) is 0. The van der Waals surface area contributed by atoms with Crippen LogP contribution in [0.2, 0.25) is 0 Å². The average molecular weight is 143 g/mol. The van der Waals surface area contributed by atoms with E-state index >= 15 is 0 Å². The summed E-state index contributed by atoms with van der Waals surface area (Å²) in [7, 11) is 2.12. The summed E-state index contributed by atoms with van der Waals surface area (Å²) in [4.78, 5) is 2.30. The highest BCUT2D eigenvalue weighted by atomic mass is 16.3. The first-order chi connectivity index (χ1) is 4.61. The lowest BCUT2D eigenvalue weighted by Crippen LogP contribution is -2.45. The SMILES string of the molecule is C[C@@H]1CN(C)[C@H](C)C[C@H]1O. The third-order valence-electron chi connectivity index (χ3n) is 2.57. The van der Waals surface area contributed by atoms with Gasteiger partial charge >= 0.3 is 0 Å². The lowest BCUT2D eigenvalue weighted by Gasteiger charge is -2.37. The molecule has 60 valence electrons. The number of likely N-dealkylation sites (tertiary alicyclic amines) is 1. The molecule has 0 aromatic heterocycles. The molecule has 1 fully saturated rings. The van der Waals surface area contributed by atoms with Crippen molar-refractivity contribution in [2.75, 3.05) is 13.6 Å². The maximum Gasteiger partial charge on any atom is 0.0592 e. The van der Waals surface area contributed by atoms with Crippen molar-refractivity contribution in [2.45, 2.75) is 32.4 Å². The van der Waals surface area contributed by atoms with Gasteiger partial charge in [0.25, 0.3) is 0 Å². The van der Waals surface area contributed by atoms with Crippen molar-refractivity contribution in [1.29, 1.82) is 0 Å². The molecule has 0 bridgehead atoms. The minimum absolute atomic E-state index is 0.0776. The number of hydrogen-bond donors (Lipinski definition) is 1. The minimum atomic E-state index is -0.0776. The van der Waals surface area contributed by atoms with Gasteiger partial charge in [-0.25, -0.2) is 0 Å². The second-order valence-electron chi connectivity index (χ2n) is 3.57. The van der Waals surface area contributed by atoms with Crippen molar-refractivity contribution >= 4 is 0 Å². The second kappa shape index (κ2) is 2.89. The van der Waals surface area contributed by atoms with Crippen molar-refractivity contribution in [2.24, 2.45) is 5.92 Å². The van der Waals surface area contributed by atoms with Gasteiger partial charge in [0.1, 0.15) is 0 Å². The van der Waals surface area contributed by atoms with Gasteiger partial charge in [-0.1, -0.05) is 6.92 Å². The first-order valence-electron chi connectivity index (χ1n) is 3.99. The Morgan fingerprint density at radius 1 is 1.40 bits per heavy atom. The van der Waals surface area contributed by atoms with Crippen LogP contribution in [0.3, 0.4) is 0 Å². The number of rotatable bonds is 0. The molecule has 0 spiro atoms. The molecule has 0 saturated carbocycles. The fraction of sp³-hybridized carbons (Fsp3) is 1.00. The van der Waals surface area contributed by atoms with Crippen molar-refractivity contribution < 1.29 is 5.11 Å². The van der Waals surface area contributed by atoms with Gasteiger partial charge in [-0.05, 0) is 26.3 Å². The van der Waals surface area contributed by atoms with Crippen molar-refractivity contribution in [1.82, 2.24) is 4.90 Å². The van der Waals surface area contributed by atoms with E-state index in [0.717, 1.165) is 13.0 Å². The molecule has 0 unspecified atom stereocenters. The van der Waals surface area contributed by atoms with E-state index in [2.05, 4.69) is 25.8 Å². The molecule has 0 radical (unpaired) electrons. The standard InChI is InChI=1S/C8H17NO/c1-6-5-9(3)7(2)4-8(6)10/h6-8,10H,4-5H2,1-3H3/t6-,7-,8-/m1/s1. The number of aliphatic hydroxyl groups is 1. The van der Waals surface area contributed by atoms with Crippen molar-refractivity contribution in [3.63, 3.8) is 0 Å². The maximum absolute atomic E-state index is 9.44. The summed E-state index contributed by atoms with van der Waals surface area (Å²) in [6.07, 6.45) is 0.851. The number of hydrogen-bond acceptors (Lipinski definition) is 2. The molecule has 3 atom stereocenters. The maximum atomic E-state index is 9.44. The normalized spacial score (nSPS) is 43.8. The molecule has 10 heavy (non-hydrogen) atoms. The molecule has 1 N–H and O–H groups in total. The Labute approximate surface area is 62.8 Å². The zero-order valence-corrected chi connectivity index (χ0v) is 7.04. The summed E-state index contributed by atoms with van der Waals surface area (Å²) in [5, 5.41) is 9.44. The smallest absolute Gasteiger partial charge is 0.0592 e. The van der Waals surface area contributed by atoms with Crippen molar-refractivity contribution in [3.05, 3.63) is 0 Å². The van der Waals surface area contributed by atoms with E-state index in [0.29, 0.717) is 12.0 Å². The third-order valence-corrected chi connectivity index (χ3v) is 2.57. The van der Waals surface area contributed by atoms with Crippen LogP contribution in [0.5, 0.6) is 0 Å². The quantitative estimate of drug-likeness (QED) is 0.540. The van der Waals surface area contributed by atoms with Crippen LogP contribution in [0.1, 0.15) is 20.3 Å². The first kappa shape index (κ1) is 8.02. The van der Waals surface area contributed by atoms with E-state index in [9.17, 15) is 5.11 Å². The molecule has 1 aliphatic heterocycles. The zero-order valence-electron chi connectivity index (χ0n) is 7.04. The van der Waals surface area contributed by atoms with Gasteiger partial charge in [0.2, 0.25) is 0 Å². The van der Waals surface area contributed by atoms with E-state index in [4.69, 9.17) is 0 Å². The lowest BCUT2D eigenvalue weighted by molar-refractivity contribution is 0.0175. The Balaban J connectivity index is 2.46. The van der Waals surface area contributed by atoms with Gasteiger partial charge in [0.15, 0.2) is 0 Å². The Bertz CT molecular complexity index is 89.8. The first-order valence-corrected chi connectivity index (χ1v) is 3.99. The Kier molecular flexibility index (Phi) is 2.32. The molecule has 0 aromatic carbocycles. The molecule has 0 aliphatic carbocycles. The molecule has 1 aliphatic rings. The molecule has 1 rings (SSSR count). The second-order valence-corrected chi connectivity index (χ2v) is 3.57. The van der Waals surface area contributed by atoms with Crippen LogP contribution in [0.25, 0.3) is 0 Å². The summed E-state index contributed by atoms with van der Waals surface area (Å²) in [5.74, 6) is 0.446. The van der Waals surface area contributed by atoms with E-state index < -0.39 is 0 Å². The topological polar surface area (TPSA) is 23.5 Å². The molecule has 2 nitrogen and oxygen atoms in total. The fourth-order valence-electron chi connectivity index (χ4n) is 1.52. The van der Waals surface area contributed by atoms with E-state index in [1.54, 1.807) is 0 Å². The Morgan fingerprint density at radius 2 is 2.00 bits per heavy atom. The summed E-state index contributed by atoms with van der Waals surface area (Å²) in [6, 6.07) is 0.547. The highest BCUT2D eigenvalue weighted by Crippen LogP contribution is 2.19. The zero-order chi connectivity index (χ0) is 7.72. The molecular weight excluding hydrogens is 126 g/mol. The molecule has 1 saturated heterocycles. The van der Waals surface area contributed by atoms with E-state index in [1.807, 2.05) is 0 Å². The molecule has 1 heterocycles. The summed E-state index contributed by atoms with van der Waals surface area (Å²) >= 11 is 0. The molecule has 0 aromatic rings. The van der Waals surface area contributed by atoms with Gasteiger partial charge < -0.3 is 10.0 Å². The highest BCUT2D eigenvalue weighted by molar-refractivity contribution is 4.80. The van der Waals surface area contributed by atoms with E-state index in [-0.39, 0.29) is 6.10 Å². The van der Waals surface area contributed by atoms with Crippen LogP contribution >= 0.6 is 0 Å². The Morgan fingerprint density at radius 3 is 2.50 bits per heavy atom. The predicted molar refractivity (Wildman–Crippen MR) is 41.9 cm³/mol. The number of aliphatic hydroxyl groups excluding tert-OH is 1. The minimum Gasteiger partial charge on any atom is -0.393 e. The van der Waals surface area contributed by atoms with Gasteiger partial charge in [0.05, 0.1) is 6.10 Å². The fourth-order valence-corrected chi connectivity index (χ4v) is 1.52. The van der Waals surface area contributed by atoms with E-state index in [1.165, 1.54) is 0 Å². The van der Waals surface area contributed by atoms with Crippen molar-refractivity contribution in [3.8, 4) is 0 Å². The van der Waals surface area contributed by atoms with Crippen LogP contribution in [-0.2, 0) is 0 Å². The summed E-state index contributed by atoms with van der Waals surface area (Å²) in [6.45, 7) is 5.30. The summed E-state index contributed by atoms with van der Waals surface area (Å²) < 4.78 is 0. The van der Waals surface area contributed by atoms with Crippen LogP contribution in [0.15, 0.2) is 0 Å². The lowest BCUT2D eigenvalue weighted by atomic mass is 9.93. The van der Waals surface area contributed by atoms with Gasteiger partial charge in [-0.2, -0.15) is 0 Å². The van der Waals surface area contributed by atoms with Gasteiger partial charge in [0, 0.05) is 12.6 Å². The monoisotopic (exact) mass is 143 g/mol. The molecule has 2 heteroatoms.